The molecule has 0 fully saturated rings. The first-order valence-corrected chi connectivity index (χ1v) is 8.54. The number of benzene rings is 1. The molecule has 2 nitrogen and oxygen atoms in total. The lowest BCUT2D eigenvalue weighted by molar-refractivity contribution is 0.203. The molecule has 0 saturated carbocycles. The Labute approximate surface area is 140 Å². The van der Waals surface area contributed by atoms with E-state index < -0.39 is 0 Å². The molecule has 2 N–H and O–H groups in total. The van der Waals surface area contributed by atoms with E-state index in [4.69, 9.17) is 28.9 Å². The first-order valence-electron chi connectivity index (χ1n) is 6.96. The molecule has 1 heterocycles. The van der Waals surface area contributed by atoms with E-state index in [0.29, 0.717) is 0 Å². The molecule has 0 bridgehead atoms. The molecule has 114 valence electrons. The molecule has 1 aromatic heterocycles. The molecular weight excluding hydrogens is 323 g/mol. The highest BCUT2D eigenvalue weighted by Crippen LogP contribution is 2.29. The van der Waals surface area contributed by atoms with E-state index in [2.05, 4.69) is 37.1 Å². The van der Waals surface area contributed by atoms with Crippen molar-refractivity contribution in [1.29, 1.82) is 0 Å². The second-order valence-electron chi connectivity index (χ2n) is 5.19. The van der Waals surface area contributed by atoms with Crippen LogP contribution in [0.1, 0.15) is 29.8 Å². The number of nitrogens with zero attached hydrogens (tertiary/aromatic N) is 1. The molecule has 0 saturated heterocycles. The van der Waals surface area contributed by atoms with E-state index in [1.165, 1.54) is 10.4 Å². The lowest BCUT2D eigenvalue weighted by Gasteiger charge is -2.32. The van der Waals surface area contributed by atoms with Crippen LogP contribution in [-0.2, 0) is 6.54 Å². The van der Waals surface area contributed by atoms with E-state index in [1.54, 1.807) is 11.3 Å². The zero-order valence-corrected chi connectivity index (χ0v) is 14.6. The Bertz CT molecular complexity index is 568. The van der Waals surface area contributed by atoms with Crippen LogP contribution in [0.15, 0.2) is 36.4 Å². The van der Waals surface area contributed by atoms with Crippen LogP contribution in [0.2, 0.25) is 9.36 Å². The standard InChI is InChI=1S/C16H20Cl2N2S/c1-3-14(19)16(11-4-6-12(17)7-5-11)20(2)10-13-8-9-15(18)21-13/h4-9,14,16H,3,10,19H2,1-2H3. The summed E-state index contributed by atoms with van der Waals surface area (Å²) in [6.07, 6.45) is 0.919. The fourth-order valence-corrected chi connectivity index (χ4v) is 3.77. The highest BCUT2D eigenvalue weighted by molar-refractivity contribution is 7.16. The first-order chi connectivity index (χ1) is 10.0. The van der Waals surface area contributed by atoms with Gasteiger partial charge in [0.1, 0.15) is 0 Å². The molecule has 2 rings (SSSR count). The maximum Gasteiger partial charge on any atom is 0.0931 e. The maximum absolute atomic E-state index is 6.35. The number of halogens is 2. The van der Waals surface area contributed by atoms with Crippen molar-refractivity contribution < 1.29 is 0 Å². The average molecular weight is 343 g/mol. The number of likely N-dealkylation sites (N-methyl/N-ethyl adjacent to an activating group) is 1. The summed E-state index contributed by atoms with van der Waals surface area (Å²) in [5, 5.41) is 0.746. The highest BCUT2D eigenvalue weighted by Gasteiger charge is 2.23. The normalized spacial score (nSPS) is 14.4. The SMILES string of the molecule is CCC(N)C(c1ccc(Cl)cc1)N(C)Cc1ccc(Cl)s1. The summed E-state index contributed by atoms with van der Waals surface area (Å²) in [6, 6.07) is 12.2. The van der Waals surface area contributed by atoms with Gasteiger partial charge in [0.05, 0.1) is 4.34 Å². The van der Waals surface area contributed by atoms with E-state index in [0.717, 1.165) is 22.3 Å². The Morgan fingerprint density at radius 1 is 1.14 bits per heavy atom. The summed E-state index contributed by atoms with van der Waals surface area (Å²) in [5.74, 6) is 0. The number of rotatable bonds is 6. The van der Waals surface area contributed by atoms with Crippen molar-refractivity contribution in [3.8, 4) is 0 Å². The molecule has 0 amide bonds. The van der Waals surface area contributed by atoms with Gasteiger partial charge in [-0.05, 0) is 43.3 Å². The van der Waals surface area contributed by atoms with E-state index >= 15 is 0 Å². The van der Waals surface area contributed by atoms with Gasteiger partial charge in [-0.3, -0.25) is 4.90 Å². The van der Waals surface area contributed by atoms with Gasteiger partial charge in [-0.15, -0.1) is 11.3 Å². The number of hydrogen-bond donors (Lipinski definition) is 1. The zero-order valence-electron chi connectivity index (χ0n) is 12.2. The van der Waals surface area contributed by atoms with Crippen molar-refractivity contribution in [2.75, 3.05) is 7.05 Å². The van der Waals surface area contributed by atoms with Crippen LogP contribution in [0.3, 0.4) is 0 Å². The van der Waals surface area contributed by atoms with Gasteiger partial charge in [-0.25, -0.2) is 0 Å². The van der Waals surface area contributed by atoms with Crippen LogP contribution >= 0.6 is 34.5 Å². The predicted molar refractivity (Wildman–Crippen MR) is 93.3 cm³/mol. The van der Waals surface area contributed by atoms with Crippen LogP contribution in [0.25, 0.3) is 0 Å². The van der Waals surface area contributed by atoms with Crippen molar-refractivity contribution in [2.45, 2.75) is 32.0 Å². The van der Waals surface area contributed by atoms with Crippen LogP contribution in [-0.4, -0.2) is 18.0 Å². The monoisotopic (exact) mass is 342 g/mol. The Hall–Kier alpha value is -0.580. The van der Waals surface area contributed by atoms with Gasteiger partial charge in [0.15, 0.2) is 0 Å². The summed E-state index contributed by atoms with van der Waals surface area (Å²) in [4.78, 5) is 3.52. The molecule has 2 atom stereocenters. The van der Waals surface area contributed by atoms with Crippen molar-refractivity contribution in [2.24, 2.45) is 5.73 Å². The fraction of sp³-hybridized carbons (Fsp3) is 0.375. The largest absolute Gasteiger partial charge is 0.326 e. The smallest absolute Gasteiger partial charge is 0.0931 e. The van der Waals surface area contributed by atoms with Crippen molar-refractivity contribution in [1.82, 2.24) is 4.90 Å². The summed E-state index contributed by atoms with van der Waals surface area (Å²) in [6.45, 7) is 2.95. The van der Waals surface area contributed by atoms with Gasteiger partial charge < -0.3 is 5.73 Å². The highest BCUT2D eigenvalue weighted by atomic mass is 35.5. The lowest BCUT2D eigenvalue weighted by atomic mass is 9.96. The Kier molecular flexibility index (Phi) is 6.08. The number of hydrogen-bond acceptors (Lipinski definition) is 3. The minimum atomic E-state index is 0.0756. The van der Waals surface area contributed by atoms with Gasteiger partial charge in [-0.2, -0.15) is 0 Å². The quantitative estimate of drug-likeness (QED) is 0.803. The Balaban J connectivity index is 2.20. The molecule has 0 aliphatic rings. The second kappa shape index (κ2) is 7.61. The molecule has 2 unspecified atom stereocenters. The third-order valence-electron chi connectivity index (χ3n) is 3.60. The summed E-state index contributed by atoms with van der Waals surface area (Å²) < 4.78 is 0.821. The summed E-state index contributed by atoms with van der Waals surface area (Å²) in [7, 11) is 2.10. The number of nitrogens with two attached hydrogens (primary N) is 1. The molecule has 0 aliphatic carbocycles. The van der Waals surface area contributed by atoms with Gasteiger partial charge in [0, 0.05) is 28.5 Å². The average Bonchev–Trinajstić information content (AvgIpc) is 2.86. The topological polar surface area (TPSA) is 29.3 Å². The van der Waals surface area contributed by atoms with Gasteiger partial charge in [-0.1, -0.05) is 42.3 Å². The summed E-state index contributed by atoms with van der Waals surface area (Å²) in [5.41, 5.74) is 7.54. The van der Waals surface area contributed by atoms with Crippen LogP contribution in [0, 0.1) is 0 Å². The van der Waals surface area contributed by atoms with Crippen LogP contribution in [0.4, 0.5) is 0 Å². The molecular formula is C16H20Cl2N2S. The second-order valence-corrected chi connectivity index (χ2v) is 7.43. The van der Waals surface area contributed by atoms with E-state index in [9.17, 15) is 0 Å². The molecule has 2 aromatic rings. The van der Waals surface area contributed by atoms with Crippen molar-refractivity contribution in [3.05, 3.63) is 56.2 Å². The predicted octanol–water partition coefficient (Wildman–Crippen LogP) is 4.97. The van der Waals surface area contributed by atoms with Crippen molar-refractivity contribution >= 4 is 34.5 Å². The van der Waals surface area contributed by atoms with Gasteiger partial charge in [0.2, 0.25) is 0 Å². The Morgan fingerprint density at radius 3 is 2.33 bits per heavy atom. The zero-order chi connectivity index (χ0) is 15.4. The summed E-state index contributed by atoms with van der Waals surface area (Å²) >= 11 is 13.6. The van der Waals surface area contributed by atoms with Crippen molar-refractivity contribution in [3.63, 3.8) is 0 Å². The fourth-order valence-electron chi connectivity index (χ4n) is 2.49. The minimum Gasteiger partial charge on any atom is -0.326 e. The lowest BCUT2D eigenvalue weighted by Crippen LogP contribution is -2.38. The van der Waals surface area contributed by atoms with Gasteiger partial charge >= 0.3 is 0 Å². The third-order valence-corrected chi connectivity index (χ3v) is 5.07. The van der Waals surface area contributed by atoms with E-state index in [1.807, 2.05) is 18.2 Å². The van der Waals surface area contributed by atoms with Gasteiger partial charge in [0.25, 0.3) is 0 Å². The molecule has 0 aliphatic heterocycles. The van der Waals surface area contributed by atoms with Crippen LogP contribution in [0.5, 0.6) is 0 Å². The molecule has 21 heavy (non-hydrogen) atoms. The molecule has 1 aromatic carbocycles. The first kappa shape index (κ1) is 16.8. The molecule has 5 heteroatoms. The van der Waals surface area contributed by atoms with E-state index in [-0.39, 0.29) is 12.1 Å². The molecule has 0 spiro atoms. The van der Waals surface area contributed by atoms with Crippen LogP contribution < -0.4 is 5.73 Å². The Morgan fingerprint density at radius 2 is 1.81 bits per heavy atom. The number of thiophene rings is 1. The minimum absolute atomic E-state index is 0.0756. The third kappa shape index (κ3) is 4.44. The maximum atomic E-state index is 6.35. The molecule has 0 radical (unpaired) electrons.